The van der Waals surface area contributed by atoms with E-state index in [1.165, 1.54) is 0 Å². The number of nitrogens with one attached hydrogen (secondary N) is 1. The van der Waals surface area contributed by atoms with Gasteiger partial charge in [0.1, 0.15) is 11.3 Å². The third-order valence-corrected chi connectivity index (χ3v) is 5.03. The Labute approximate surface area is 191 Å². The third kappa shape index (κ3) is 4.87. The number of oxazole rings is 1. The van der Waals surface area contributed by atoms with Crippen LogP contribution in [0, 0.1) is 0 Å². The number of hydrogen-bond acceptors (Lipinski definition) is 6. The predicted molar refractivity (Wildman–Crippen MR) is 125 cm³/mol. The van der Waals surface area contributed by atoms with Gasteiger partial charge < -0.3 is 19.2 Å². The molecule has 4 aromatic rings. The lowest BCUT2D eigenvalue weighted by molar-refractivity contribution is -0.124. The van der Waals surface area contributed by atoms with Crippen LogP contribution in [0.3, 0.4) is 0 Å². The first-order valence-corrected chi connectivity index (χ1v) is 10.8. The third-order valence-electron chi connectivity index (χ3n) is 5.03. The van der Waals surface area contributed by atoms with E-state index < -0.39 is 18.0 Å². The summed E-state index contributed by atoms with van der Waals surface area (Å²) in [6, 6.07) is 21.4. The molecule has 7 nitrogen and oxygen atoms in total. The first kappa shape index (κ1) is 22.1. The molecule has 4 rings (SSSR count). The molecule has 0 bridgehead atoms. The zero-order valence-corrected chi connectivity index (χ0v) is 18.4. The summed E-state index contributed by atoms with van der Waals surface area (Å²) < 4.78 is 17.0. The maximum Gasteiger partial charge on any atom is 0.339 e. The molecule has 1 aromatic heterocycles. The van der Waals surface area contributed by atoms with Gasteiger partial charge in [-0.05, 0) is 49.7 Å². The lowest BCUT2D eigenvalue weighted by atomic mass is 10.1. The van der Waals surface area contributed by atoms with Gasteiger partial charge in [0.15, 0.2) is 11.7 Å². The van der Waals surface area contributed by atoms with Gasteiger partial charge in [0.2, 0.25) is 5.89 Å². The Morgan fingerprint density at radius 2 is 1.70 bits per heavy atom. The lowest BCUT2D eigenvalue weighted by Gasteiger charge is -2.18. The van der Waals surface area contributed by atoms with Gasteiger partial charge in [-0.3, -0.25) is 4.79 Å². The summed E-state index contributed by atoms with van der Waals surface area (Å²) in [4.78, 5) is 30.4. The molecule has 1 N–H and O–H groups in total. The van der Waals surface area contributed by atoms with E-state index in [4.69, 9.17) is 13.9 Å². The summed E-state index contributed by atoms with van der Waals surface area (Å²) in [5, 5.41) is 2.80. The van der Waals surface area contributed by atoms with Crippen LogP contribution in [-0.4, -0.2) is 29.6 Å². The summed E-state index contributed by atoms with van der Waals surface area (Å²) in [5.41, 5.74) is 2.59. The number of ether oxygens (including phenoxy) is 2. The van der Waals surface area contributed by atoms with E-state index in [1.54, 1.807) is 49.4 Å². The highest BCUT2D eigenvalue weighted by atomic mass is 16.5. The number of para-hydroxylation sites is 4. The number of amides is 1. The van der Waals surface area contributed by atoms with Crippen molar-refractivity contribution in [3.05, 3.63) is 78.4 Å². The molecule has 0 saturated carbocycles. The van der Waals surface area contributed by atoms with Crippen LogP contribution in [0.2, 0.25) is 0 Å². The van der Waals surface area contributed by atoms with Crippen LogP contribution in [0.15, 0.2) is 77.2 Å². The number of benzene rings is 3. The second-order valence-electron chi connectivity index (χ2n) is 7.25. The van der Waals surface area contributed by atoms with Crippen LogP contribution >= 0.6 is 0 Å². The number of rotatable bonds is 8. The minimum absolute atomic E-state index is 0.269. The lowest BCUT2D eigenvalue weighted by Crippen LogP contribution is -2.32. The fraction of sp³-hybridized carbons (Fsp3) is 0.192. The van der Waals surface area contributed by atoms with Crippen LogP contribution in [0.5, 0.6) is 5.75 Å². The zero-order chi connectivity index (χ0) is 23.2. The Balaban J connectivity index is 1.54. The minimum Gasteiger partial charge on any atom is -0.492 e. The Hall–Kier alpha value is -4.13. The van der Waals surface area contributed by atoms with E-state index in [2.05, 4.69) is 10.3 Å². The Morgan fingerprint density at radius 3 is 2.48 bits per heavy atom. The van der Waals surface area contributed by atoms with E-state index >= 15 is 0 Å². The van der Waals surface area contributed by atoms with Crippen molar-refractivity contribution in [3.8, 4) is 17.2 Å². The predicted octanol–water partition coefficient (Wildman–Crippen LogP) is 5.47. The van der Waals surface area contributed by atoms with E-state index in [0.29, 0.717) is 47.0 Å². The van der Waals surface area contributed by atoms with Crippen LogP contribution in [0.1, 0.15) is 30.6 Å². The number of carbonyl (C=O) groups is 2. The molecule has 7 heteroatoms. The van der Waals surface area contributed by atoms with Crippen molar-refractivity contribution in [2.45, 2.75) is 26.4 Å². The molecule has 168 valence electrons. The monoisotopic (exact) mass is 444 g/mol. The average Bonchev–Trinajstić information content (AvgIpc) is 3.28. The average molecular weight is 444 g/mol. The van der Waals surface area contributed by atoms with Crippen molar-refractivity contribution in [1.82, 2.24) is 4.98 Å². The molecule has 0 aliphatic heterocycles. The van der Waals surface area contributed by atoms with Gasteiger partial charge >= 0.3 is 5.97 Å². The van der Waals surface area contributed by atoms with Crippen LogP contribution in [-0.2, 0) is 9.53 Å². The first-order chi connectivity index (χ1) is 16.1. The molecule has 0 aliphatic rings. The number of aromatic nitrogens is 1. The summed E-state index contributed by atoms with van der Waals surface area (Å²) in [6.07, 6.45) is -0.678. The topological polar surface area (TPSA) is 90.7 Å². The summed E-state index contributed by atoms with van der Waals surface area (Å²) >= 11 is 0. The molecule has 0 fully saturated rings. The molecule has 3 aromatic carbocycles. The first-order valence-electron chi connectivity index (χ1n) is 10.8. The van der Waals surface area contributed by atoms with Crippen molar-refractivity contribution >= 4 is 28.7 Å². The minimum atomic E-state index is -0.983. The van der Waals surface area contributed by atoms with Crippen molar-refractivity contribution in [3.63, 3.8) is 0 Å². The number of anilines is 1. The molecule has 1 atom stereocenters. The molecular formula is C26H24N2O5. The van der Waals surface area contributed by atoms with E-state index in [9.17, 15) is 9.59 Å². The number of hydrogen-bond donors (Lipinski definition) is 1. The quantitative estimate of drug-likeness (QED) is 0.363. The Bertz CT molecular complexity index is 1250. The fourth-order valence-electron chi connectivity index (χ4n) is 3.41. The molecule has 1 unspecified atom stereocenters. The molecule has 0 radical (unpaired) electrons. The second-order valence-corrected chi connectivity index (χ2v) is 7.25. The highest BCUT2D eigenvalue weighted by Gasteiger charge is 2.25. The van der Waals surface area contributed by atoms with E-state index in [-0.39, 0.29) is 5.56 Å². The molecule has 1 amide bonds. The van der Waals surface area contributed by atoms with Crippen LogP contribution < -0.4 is 10.1 Å². The standard InChI is InChI=1S/C26H24N2O5/c1-3-21(24(29)27-19-13-7-9-15-22(19)31-4-2)33-26(30)18-12-6-5-11-17(18)25-28-20-14-8-10-16-23(20)32-25/h5-16,21H,3-4H2,1-2H3,(H,27,29). The normalized spacial score (nSPS) is 11.7. The molecule has 0 spiro atoms. The van der Waals surface area contributed by atoms with Crippen LogP contribution in [0.4, 0.5) is 5.69 Å². The summed E-state index contributed by atoms with van der Waals surface area (Å²) in [6.45, 7) is 4.11. The molecule has 0 aliphatic carbocycles. The van der Waals surface area contributed by atoms with Crippen molar-refractivity contribution in [2.75, 3.05) is 11.9 Å². The van der Waals surface area contributed by atoms with Gasteiger partial charge in [0, 0.05) is 0 Å². The number of esters is 1. The maximum absolute atomic E-state index is 13.1. The second kappa shape index (κ2) is 9.99. The highest BCUT2D eigenvalue weighted by Crippen LogP contribution is 2.28. The number of fused-ring (bicyclic) bond motifs is 1. The van der Waals surface area contributed by atoms with Crippen molar-refractivity contribution in [1.29, 1.82) is 0 Å². The Kier molecular flexibility index (Phi) is 6.69. The molecule has 33 heavy (non-hydrogen) atoms. The summed E-state index contributed by atoms with van der Waals surface area (Å²) in [7, 11) is 0. The van der Waals surface area contributed by atoms with Gasteiger partial charge in [-0.15, -0.1) is 0 Å². The van der Waals surface area contributed by atoms with Crippen molar-refractivity contribution < 1.29 is 23.5 Å². The van der Waals surface area contributed by atoms with Gasteiger partial charge in [-0.2, -0.15) is 0 Å². The molecule has 0 saturated heterocycles. The molecule has 1 heterocycles. The van der Waals surface area contributed by atoms with Gasteiger partial charge in [0.05, 0.1) is 23.4 Å². The maximum atomic E-state index is 13.1. The van der Waals surface area contributed by atoms with E-state index in [1.807, 2.05) is 37.3 Å². The number of carbonyl (C=O) groups excluding carboxylic acids is 2. The fourth-order valence-corrected chi connectivity index (χ4v) is 3.41. The number of nitrogens with zero attached hydrogens (tertiary/aromatic N) is 1. The Morgan fingerprint density at radius 1 is 0.970 bits per heavy atom. The highest BCUT2D eigenvalue weighted by molar-refractivity contribution is 6.00. The van der Waals surface area contributed by atoms with Gasteiger partial charge in [-0.25, -0.2) is 9.78 Å². The largest absolute Gasteiger partial charge is 0.492 e. The van der Waals surface area contributed by atoms with Crippen molar-refractivity contribution in [2.24, 2.45) is 0 Å². The van der Waals surface area contributed by atoms with Gasteiger partial charge in [-0.1, -0.05) is 43.3 Å². The van der Waals surface area contributed by atoms with E-state index in [0.717, 1.165) is 0 Å². The summed E-state index contributed by atoms with van der Waals surface area (Å²) in [5.74, 6) is -0.201. The SMILES string of the molecule is CCOc1ccccc1NC(=O)C(CC)OC(=O)c1ccccc1-c1nc2ccccc2o1. The van der Waals surface area contributed by atoms with Crippen LogP contribution in [0.25, 0.3) is 22.6 Å². The zero-order valence-electron chi connectivity index (χ0n) is 18.4. The van der Waals surface area contributed by atoms with Gasteiger partial charge in [0.25, 0.3) is 5.91 Å². The molecular weight excluding hydrogens is 420 g/mol. The smallest absolute Gasteiger partial charge is 0.339 e.